The Balaban J connectivity index is 2.91. The molecule has 16 heavy (non-hydrogen) atoms. The average molecular weight is 231 g/mol. The Bertz CT molecular complexity index is 417. The molecule has 0 aliphatic heterocycles. The van der Waals surface area contributed by atoms with E-state index in [-0.39, 0.29) is 5.56 Å². The van der Waals surface area contributed by atoms with Gasteiger partial charge in [-0.1, -0.05) is 0 Å². The molecule has 0 saturated carbocycles. The van der Waals surface area contributed by atoms with E-state index in [0.717, 1.165) is 0 Å². The molecule has 0 radical (unpaired) electrons. The number of H-pyrrole nitrogens is 1. The summed E-state index contributed by atoms with van der Waals surface area (Å²) in [5, 5.41) is 2.59. The van der Waals surface area contributed by atoms with Crippen LogP contribution in [0.25, 0.3) is 0 Å². The zero-order valence-electron chi connectivity index (χ0n) is 9.47. The second kappa shape index (κ2) is 5.16. The van der Waals surface area contributed by atoms with E-state index >= 15 is 0 Å². The van der Waals surface area contributed by atoms with Gasteiger partial charge in [0.05, 0.1) is 12.1 Å². The summed E-state index contributed by atoms with van der Waals surface area (Å²) in [7, 11) is 0. The molecule has 1 atom stereocenters. The number of nitrogens with zero attached hydrogens (tertiary/aromatic N) is 1. The highest BCUT2D eigenvalue weighted by atomic mass is 19.3. The van der Waals surface area contributed by atoms with Crippen molar-refractivity contribution in [2.24, 2.45) is 0 Å². The largest absolute Gasteiger partial charge is 0.310 e. The summed E-state index contributed by atoms with van der Waals surface area (Å²) in [6.45, 7) is 4.60. The summed E-state index contributed by atoms with van der Waals surface area (Å²) < 4.78 is 24.0. The van der Waals surface area contributed by atoms with E-state index in [0.29, 0.717) is 17.1 Å². The summed E-state index contributed by atoms with van der Waals surface area (Å²) in [6.07, 6.45) is -2.43. The Hall–Kier alpha value is -1.30. The molecule has 1 aromatic heterocycles. The van der Waals surface area contributed by atoms with Gasteiger partial charge in [0.2, 0.25) is 0 Å². The van der Waals surface area contributed by atoms with E-state index in [1.807, 2.05) is 0 Å². The topological polar surface area (TPSA) is 57.8 Å². The lowest BCUT2D eigenvalue weighted by molar-refractivity contribution is 0.142. The molecule has 0 aliphatic rings. The van der Waals surface area contributed by atoms with Gasteiger partial charge in [-0.15, -0.1) is 0 Å². The summed E-state index contributed by atoms with van der Waals surface area (Å²) >= 11 is 0. The molecule has 1 heterocycles. The maximum Gasteiger partial charge on any atom is 0.255 e. The third kappa shape index (κ3) is 3.10. The number of hydrogen-bond acceptors (Lipinski definition) is 3. The quantitative estimate of drug-likeness (QED) is 0.821. The van der Waals surface area contributed by atoms with Crippen LogP contribution in [0.4, 0.5) is 8.78 Å². The van der Waals surface area contributed by atoms with E-state index in [4.69, 9.17) is 0 Å². The van der Waals surface area contributed by atoms with Crippen molar-refractivity contribution in [3.8, 4) is 0 Å². The molecule has 0 aliphatic carbocycles. The zero-order valence-corrected chi connectivity index (χ0v) is 9.47. The van der Waals surface area contributed by atoms with Crippen LogP contribution in [-0.2, 0) is 0 Å². The second-order valence-electron chi connectivity index (χ2n) is 3.67. The molecule has 4 nitrogen and oxygen atoms in total. The molecule has 0 fully saturated rings. The van der Waals surface area contributed by atoms with Crippen LogP contribution in [-0.4, -0.2) is 22.9 Å². The molecule has 0 amide bonds. The highest BCUT2D eigenvalue weighted by Crippen LogP contribution is 2.10. The van der Waals surface area contributed by atoms with Gasteiger partial charge in [-0.25, -0.2) is 13.8 Å². The minimum absolute atomic E-state index is 0.278. The van der Waals surface area contributed by atoms with E-state index in [9.17, 15) is 13.6 Å². The fraction of sp³-hybridized carbons (Fsp3) is 0.600. The van der Waals surface area contributed by atoms with Gasteiger partial charge in [-0.2, -0.15) is 0 Å². The van der Waals surface area contributed by atoms with E-state index < -0.39 is 19.0 Å². The summed E-state index contributed by atoms with van der Waals surface area (Å²) in [4.78, 5) is 18.3. The van der Waals surface area contributed by atoms with Crippen LogP contribution in [0.3, 0.4) is 0 Å². The molecule has 0 aromatic carbocycles. The van der Waals surface area contributed by atoms with Crippen LogP contribution >= 0.6 is 0 Å². The number of aromatic amines is 1. The van der Waals surface area contributed by atoms with Crippen molar-refractivity contribution in [3.05, 3.63) is 27.4 Å². The number of rotatable bonds is 4. The van der Waals surface area contributed by atoms with Crippen molar-refractivity contribution in [2.45, 2.75) is 33.2 Å². The van der Waals surface area contributed by atoms with Gasteiger partial charge < -0.3 is 10.3 Å². The van der Waals surface area contributed by atoms with Crippen molar-refractivity contribution in [1.82, 2.24) is 15.3 Å². The van der Waals surface area contributed by atoms with Crippen molar-refractivity contribution < 1.29 is 8.78 Å². The fourth-order valence-electron chi connectivity index (χ4n) is 1.61. The van der Waals surface area contributed by atoms with Crippen LogP contribution in [0, 0.1) is 13.8 Å². The van der Waals surface area contributed by atoms with E-state index in [1.54, 1.807) is 20.8 Å². The fourth-order valence-corrected chi connectivity index (χ4v) is 1.61. The first-order valence-electron chi connectivity index (χ1n) is 5.00. The van der Waals surface area contributed by atoms with Gasteiger partial charge in [0, 0.05) is 11.7 Å². The molecular weight excluding hydrogens is 216 g/mol. The third-order valence-electron chi connectivity index (χ3n) is 2.28. The number of aromatic nitrogens is 2. The number of alkyl halides is 2. The lowest BCUT2D eigenvalue weighted by Crippen LogP contribution is -2.30. The molecular formula is C10H15F2N3O. The lowest BCUT2D eigenvalue weighted by Gasteiger charge is -2.14. The first kappa shape index (κ1) is 12.8. The zero-order chi connectivity index (χ0) is 12.3. The van der Waals surface area contributed by atoms with Crippen LogP contribution in [0.5, 0.6) is 0 Å². The van der Waals surface area contributed by atoms with Crippen LogP contribution in [0.2, 0.25) is 0 Å². The molecule has 1 rings (SSSR count). The number of nitrogens with one attached hydrogen (secondary N) is 2. The number of hydrogen-bond donors (Lipinski definition) is 2. The maximum absolute atomic E-state index is 12.0. The standard InChI is InChI=1S/C10H15F2N3O/c1-5(13-4-8(11)12)9-6(2)14-7(3)15-10(9)16/h5,8,13H,4H2,1-3H3,(H,14,15,16). The Labute approximate surface area is 92.1 Å². The highest BCUT2D eigenvalue weighted by Gasteiger charge is 2.15. The first-order valence-corrected chi connectivity index (χ1v) is 5.00. The van der Waals surface area contributed by atoms with E-state index in [1.165, 1.54) is 0 Å². The minimum Gasteiger partial charge on any atom is -0.310 e. The molecule has 1 unspecified atom stereocenters. The third-order valence-corrected chi connectivity index (χ3v) is 2.28. The predicted molar refractivity (Wildman–Crippen MR) is 56.8 cm³/mol. The smallest absolute Gasteiger partial charge is 0.255 e. The Kier molecular flexibility index (Phi) is 4.12. The Morgan fingerprint density at radius 1 is 1.44 bits per heavy atom. The van der Waals surface area contributed by atoms with Crippen molar-refractivity contribution in [3.63, 3.8) is 0 Å². The molecule has 2 N–H and O–H groups in total. The second-order valence-corrected chi connectivity index (χ2v) is 3.67. The van der Waals surface area contributed by atoms with Crippen molar-refractivity contribution in [2.75, 3.05) is 6.54 Å². The molecule has 90 valence electrons. The number of aryl methyl sites for hydroxylation is 2. The summed E-state index contributed by atoms with van der Waals surface area (Å²) in [5.74, 6) is 0.521. The normalized spacial score (nSPS) is 13.1. The lowest BCUT2D eigenvalue weighted by atomic mass is 10.1. The monoisotopic (exact) mass is 231 g/mol. The van der Waals surface area contributed by atoms with Gasteiger partial charge >= 0.3 is 0 Å². The van der Waals surface area contributed by atoms with Crippen molar-refractivity contribution in [1.29, 1.82) is 0 Å². The van der Waals surface area contributed by atoms with Crippen LogP contribution < -0.4 is 10.9 Å². The van der Waals surface area contributed by atoms with E-state index in [2.05, 4.69) is 15.3 Å². The highest BCUT2D eigenvalue weighted by molar-refractivity contribution is 5.19. The first-order chi connectivity index (χ1) is 7.41. The Morgan fingerprint density at radius 2 is 2.06 bits per heavy atom. The maximum atomic E-state index is 12.0. The predicted octanol–water partition coefficient (Wildman–Crippen LogP) is 1.30. The minimum atomic E-state index is -2.43. The van der Waals surface area contributed by atoms with Crippen molar-refractivity contribution >= 4 is 0 Å². The van der Waals surface area contributed by atoms with Crippen LogP contribution in [0.15, 0.2) is 4.79 Å². The molecule has 1 aromatic rings. The van der Waals surface area contributed by atoms with Gasteiger partial charge in [-0.3, -0.25) is 4.79 Å². The summed E-state index contributed by atoms with van der Waals surface area (Å²) in [5.41, 5.74) is 0.695. The average Bonchev–Trinajstić information content (AvgIpc) is 2.12. The molecule has 6 heteroatoms. The Morgan fingerprint density at radius 3 is 2.56 bits per heavy atom. The number of halogens is 2. The molecule has 0 saturated heterocycles. The SMILES string of the molecule is Cc1nc(C)c(C(C)NCC(F)F)c(=O)[nH]1. The van der Waals surface area contributed by atoms with Crippen LogP contribution in [0.1, 0.15) is 30.0 Å². The van der Waals surface area contributed by atoms with Gasteiger partial charge in [0.1, 0.15) is 5.82 Å². The van der Waals surface area contributed by atoms with Gasteiger partial charge in [0.25, 0.3) is 12.0 Å². The molecule has 0 bridgehead atoms. The van der Waals surface area contributed by atoms with Gasteiger partial charge in [0.15, 0.2) is 0 Å². The summed E-state index contributed by atoms with van der Waals surface area (Å²) in [6, 6.07) is -0.439. The van der Waals surface area contributed by atoms with Gasteiger partial charge in [-0.05, 0) is 20.8 Å². The molecule has 0 spiro atoms.